The van der Waals surface area contributed by atoms with Crippen LogP contribution >= 0.6 is 11.6 Å². The number of hydrogen-bond acceptors (Lipinski definition) is 5. The maximum atomic E-state index is 11.2. The lowest BCUT2D eigenvalue weighted by atomic mass is 10.0. The number of carbonyl (C=O) groups is 1. The fraction of sp³-hybridized carbons (Fsp3) is 0.0909. The zero-order valence-electron chi connectivity index (χ0n) is 15.7. The Hall–Kier alpha value is -3.51. The number of halogens is 1. The number of fused-ring (bicyclic) bond motifs is 1. The van der Waals surface area contributed by atoms with Crippen LogP contribution in [0.5, 0.6) is 17.5 Å². The summed E-state index contributed by atoms with van der Waals surface area (Å²) in [5.41, 5.74) is 3.80. The van der Waals surface area contributed by atoms with E-state index in [1.54, 1.807) is 32.2 Å². The number of aryl methyl sites for hydroxylation is 1. The van der Waals surface area contributed by atoms with Gasteiger partial charge in [0, 0.05) is 11.1 Å². The number of carbonyl (C=O) groups excluding carboxylic acids is 1. The van der Waals surface area contributed by atoms with Crippen molar-refractivity contribution in [2.75, 3.05) is 7.11 Å². The monoisotopic (exact) mass is 407 g/mol. The summed E-state index contributed by atoms with van der Waals surface area (Å²) < 4.78 is 10.9. The van der Waals surface area contributed by atoms with Gasteiger partial charge in [-0.3, -0.25) is 0 Å². The van der Waals surface area contributed by atoms with E-state index in [4.69, 9.17) is 21.1 Å². The molecule has 0 radical (unpaired) electrons. The third-order valence-electron chi connectivity index (χ3n) is 4.59. The van der Waals surface area contributed by atoms with Crippen molar-refractivity contribution in [3.63, 3.8) is 0 Å². The van der Waals surface area contributed by atoms with Crippen LogP contribution in [-0.4, -0.2) is 23.0 Å². The molecule has 0 aliphatic heterocycles. The second-order valence-electron chi connectivity index (χ2n) is 6.49. The van der Waals surface area contributed by atoms with E-state index < -0.39 is 5.97 Å². The highest BCUT2D eigenvalue weighted by Crippen LogP contribution is 2.34. The fourth-order valence-corrected chi connectivity index (χ4v) is 3.32. The van der Waals surface area contributed by atoms with E-state index in [9.17, 15) is 9.90 Å². The fourth-order valence-electron chi connectivity index (χ4n) is 3.04. The Morgan fingerprint density at radius 3 is 2.48 bits per heavy atom. The Morgan fingerprint density at radius 1 is 1.07 bits per heavy atom. The van der Waals surface area contributed by atoms with Crippen molar-refractivity contribution in [1.29, 1.82) is 0 Å². The highest BCUT2D eigenvalue weighted by Gasteiger charge is 2.12. The van der Waals surface area contributed by atoms with Crippen molar-refractivity contribution in [2.24, 2.45) is 0 Å². The highest BCUT2D eigenvalue weighted by atomic mass is 35.5. The Morgan fingerprint density at radius 2 is 1.79 bits per heavy atom. The summed E-state index contributed by atoms with van der Waals surface area (Å²) in [6.45, 7) is 1.69. The lowest BCUT2D eigenvalue weighted by Gasteiger charge is -2.09. The molecule has 0 saturated heterocycles. The van der Waals surface area contributed by atoms with Crippen molar-refractivity contribution in [3.05, 3.63) is 70.7 Å². The topological polar surface area (TPSA) is 87.3 Å². The number of nitrogens with one attached hydrogen (secondary N) is 1. The minimum Gasteiger partial charge on any atom is -0.545 e. The maximum absolute atomic E-state index is 11.2. The number of aromatic nitrogens is 2. The number of aromatic amines is 1. The molecule has 0 bridgehead atoms. The summed E-state index contributed by atoms with van der Waals surface area (Å²) in [6, 6.07) is 16.2. The van der Waals surface area contributed by atoms with Crippen LogP contribution in [0, 0.1) is 6.92 Å². The van der Waals surface area contributed by atoms with Gasteiger partial charge in [-0.1, -0.05) is 29.8 Å². The first-order valence-corrected chi connectivity index (χ1v) is 9.16. The molecule has 0 amide bonds. The lowest BCUT2D eigenvalue weighted by Crippen LogP contribution is -2.23. The van der Waals surface area contributed by atoms with Gasteiger partial charge in [0.05, 0.1) is 29.1 Å². The van der Waals surface area contributed by atoms with Gasteiger partial charge < -0.3 is 24.4 Å². The first-order valence-electron chi connectivity index (χ1n) is 8.78. The molecule has 29 heavy (non-hydrogen) atoms. The van der Waals surface area contributed by atoms with Crippen LogP contribution in [0.1, 0.15) is 15.9 Å². The zero-order chi connectivity index (χ0) is 20.5. The van der Waals surface area contributed by atoms with Gasteiger partial charge in [0.1, 0.15) is 11.5 Å². The molecule has 4 rings (SSSR count). The van der Waals surface area contributed by atoms with Gasteiger partial charge in [0.15, 0.2) is 0 Å². The third kappa shape index (κ3) is 3.75. The quantitative estimate of drug-likeness (QED) is 0.531. The number of aromatic carboxylic acids is 1. The molecule has 1 heterocycles. The van der Waals surface area contributed by atoms with Crippen molar-refractivity contribution in [2.45, 2.75) is 6.92 Å². The second kappa shape index (κ2) is 7.48. The van der Waals surface area contributed by atoms with Crippen LogP contribution in [0.2, 0.25) is 5.02 Å². The standard InChI is InChI=1S/C22H17ClN2O4/c1-12-3-6-15(9-16(12)21(26)27)29-22-24-19-10-17(18(23)11-20(19)25-22)13-4-7-14(28-2)8-5-13/h3-11H,1-2H3,(H,24,25)(H,26,27)/p-1. The molecule has 7 heteroatoms. The first-order chi connectivity index (χ1) is 13.9. The molecule has 6 nitrogen and oxygen atoms in total. The minimum absolute atomic E-state index is 0.0726. The van der Waals surface area contributed by atoms with Gasteiger partial charge in [0.25, 0.3) is 6.01 Å². The van der Waals surface area contributed by atoms with Crippen LogP contribution < -0.4 is 14.6 Å². The highest BCUT2D eigenvalue weighted by molar-refractivity contribution is 6.34. The number of carboxylic acids is 1. The van der Waals surface area contributed by atoms with Crippen LogP contribution in [0.3, 0.4) is 0 Å². The normalized spacial score (nSPS) is 10.9. The summed E-state index contributed by atoms with van der Waals surface area (Å²) in [5, 5.41) is 11.8. The van der Waals surface area contributed by atoms with Crippen LogP contribution in [0.4, 0.5) is 0 Å². The van der Waals surface area contributed by atoms with E-state index in [1.165, 1.54) is 6.07 Å². The van der Waals surface area contributed by atoms with Gasteiger partial charge in [-0.15, -0.1) is 0 Å². The average molecular weight is 408 g/mol. The molecule has 0 atom stereocenters. The number of ether oxygens (including phenoxy) is 2. The second-order valence-corrected chi connectivity index (χ2v) is 6.89. The number of imidazole rings is 1. The Labute approximate surface area is 171 Å². The first kappa shape index (κ1) is 18.8. The van der Waals surface area contributed by atoms with E-state index in [0.717, 1.165) is 16.9 Å². The molecule has 0 aliphatic carbocycles. The lowest BCUT2D eigenvalue weighted by molar-refractivity contribution is -0.255. The van der Waals surface area contributed by atoms with E-state index >= 15 is 0 Å². The van der Waals surface area contributed by atoms with Gasteiger partial charge in [-0.25, -0.2) is 0 Å². The molecule has 0 saturated carbocycles. The van der Waals surface area contributed by atoms with Gasteiger partial charge >= 0.3 is 0 Å². The molecule has 0 fully saturated rings. The third-order valence-corrected chi connectivity index (χ3v) is 4.91. The van der Waals surface area contributed by atoms with Crippen molar-refractivity contribution in [1.82, 2.24) is 9.97 Å². The van der Waals surface area contributed by atoms with Crippen LogP contribution in [-0.2, 0) is 0 Å². The maximum Gasteiger partial charge on any atom is 0.300 e. The zero-order valence-corrected chi connectivity index (χ0v) is 16.4. The molecule has 0 aliphatic rings. The smallest absolute Gasteiger partial charge is 0.300 e. The van der Waals surface area contributed by atoms with E-state index in [-0.39, 0.29) is 11.6 Å². The predicted octanol–water partition coefficient (Wildman–Crippen LogP) is 4.36. The largest absolute Gasteiger partial charge is 0.545 e. The summed E-state index contributed by atoms with van der Waals surface area (Å²) in [4.78, 5) is 18.7. The number of carboxylic acid groups (broad SMARTS) is 1. The average Bonchev–Trinajstić information content (AvgIpc) is 3.09. The number of hydrogen-bond donors (Lipinski definition) is 1. The Kier molecular flexibility index (Phi) is 4.86. The number of benzene rings is 3. The molecule has 1 aromatic heterocycles. The van der Waals surface area contributed by atoms with Crippen LogP contribution in [0.15, 0.2) is 54.6 Å². The molecule has 146 valence electrons. The molecule has 1 N–H and O–H groups in total. The summed E-state index contributed by atoms with van der Waals surface area (Å²) in [6.07, 6.45) is 0. The molecule has 3 aromatic carbocycles. The van der Waals surface area contributed by atoms with E-state index in [0.29, 0.717) is 27.4 Å². The summed E-state index contributed by atoms with van der Waals surface area (Å²) in [5.74, 6) is -0.153. The Balaban J connectivity index is 1.68. The van der Waals surface area contributed by atoms with Gasteiger partial charge in [-0.05, 0) is 54.4 Å². The number of methoxy groups -OCH3 is 1. The summed E-state index contributed by atoms with van der Waals surface area (Å²) >= 11 is 6.46. The minimum atomic E-state index is -1.26. The molecule has 0 spiro atoms. The van der Waals surface area contributed by atoms with Gasteiger partial charge in [0.2, 0.25) is 0 Å². The molecular weight excluding hydrogens is 392 g/mol. The summed E-state index contributed by atoms with van der Waals surface area (Å²) in [7, 11) is 1.61. The molecule has 0 unspecified atom stereocenters. The number of rotatable bonds is 5. The van der Waals surface area contributed by atoms with Crippen molar-refractivity contribution >= 4 is 28.6 Å². The molecule has 4 aromatic rings. The number of nitrogens with zero attached hydrogens (tertiary/aromatic N) is 1. The van der Waals surface area contributed by atoms with Crippen molar-refractivity contribution in [3.8, 4) is 28.6 Å². The van der Waals surface area contributed by atoms with E-state index in [2.05, 4.69) is 9.97 Å². The predicted molar refractivity (Wildman–Crippen MR) is 109 cm³/mol. The van der Waals surface area contributed by atoms with Gasteiger partial charge in [-0.2, -0.15) is 4.98 Å². The van der Waals surface area contributed by atoms with E-state index in [1.807, 2.05) is 30.3 Å². The number of H-pyrrole nitrogens is 1. The Bertz CT molecular complexity index is 1220. The molecular formula is C22H16ClN2O4-. The van der Waals surface area contributed by atoms with Crippen molar-refractivity contribution < 1.29 is 19.4 Å². The SMILES string of the molecule is COc1ccc(-c2cc3nc(Oc4ccc(C)c(C(=O)[O-])c4)[nH]c3cc2Cl)cc1. The van der Waals surface area contributed by atoms with Crippen LogP contribution in [0.25, 0.3) is 22.2 Å².